The van der Waals surface area contributed by atoms with Crippen LogP contribution in [0.5, 0.6) is 0 Å². The predicted octanol–water partition coefficient (Wildman–Crippen LogP) is 2.88. The van der Waals surface area contributed by atoms with Crippen molar-refractivity contribution in [1.29, 1.82) is 0 Å². The molecule has 1 aliphatic rings. The highest BCUT2D eigenvalue weighted by Crippen LogP contribution is 2.19. The maximum Gasteiger partial charge on any atom is 0.331 e. The Labute approximate surface area is 131 Å². The number of aliphatic imine (C=N–C) groups is 1. The van der Waals surface area contributed by atoms with Gasteiger partial charge < -0.3 is 14.6 Å². The Morgan fingerprint density at radius 2 is 2.23 bits per heavy atom. The quantitative estimate of drug-likeness (QED) is 0.787. The molecular weight excluding hydrogens is 282 g/mol. The van der Waals surface area contributed by atoms with Crippen molar-refractivity contribution in [3.63, 3.8) is 0 Å². The van der Waals surface area contributed by atoms with Crippen LogP contribution in [0.15, 0.2) is 35.3 Å². The summed E-state index contributed by atoms with van der Waals surface area (Å²) in [6.07, 6.45) is 4.74. The van der Waals surface area contributed by atoms with Crippen LogP contribution in [0, 0.1) is 0 Å². The Kier molecular flexibility index (Phi) is 6.10. The number of hydrogen-bond acceptors (Lipinski definition) is 4. The summed E-state index contributed by atoms with van der Waals surface area (Å²) in [5.74, 6) is -0.951. The Morgan fingerprint density at radius 3 is 2.86 bits per heavy atom. The van der Waals surface area contributed by atoms with E-state index in [1.54, 1.807) is 13.1 Å². The van der Waals surface area contributed by atoms with Crippen molar-refractivity contribution in [2.75, 3.05) is 13.2 Å². The second kappa shape index (κ2) is 8.06. The van der Waals surface area contributed by atoms with E-state index >= 15 is 0 Å². The zero-order valence-corrected chi connectivity index (χ0v) is 12.9. The van der Waals surface area contributed by atoms with Gasteiger partial charge in [-0.25, -0.2) is 4.79 Å². The molecule has 2 unspecified atom stereocenters. The van der Waals surface area contributed by atoms with Gasteiger partial charge in [0, 0.05) is 19.2 Å². The van der Waals surface area contributed by atoms with Crippen molar-refractivity contribution in [2.45, 2.75) is 44.4 Å². The topological polar surface area (TPSA) is 68.1 Å². The number of aliphatic carboxylic acids is 1. The van der Waals surface area contributed by atoms with Gasteiger partial charge in [-0.2, -0.15) is 0 Å². The molecule has 0 radical (unpaired) electrons. The third kappa shape index (κ3) is 4.93. The van der Waals surface area contributed by atoms with Crippen molar-refractivity contribution in [2.24, 2.45) is 4.99 Å². The summed E-state index contributed by atoms with van der Waals surface area (Å²) in [7, 11) is 0. The summed E-state index contributed by atoms with van der Waals surface area (Å²) in [5.41, 5.74) is -0.309. The van der Waals surface area contributed by atoms with Crippen LogP contribution in [-0.4, -0.2) is 42.3 Å². The number of nitrogens with zero attached hydrogens (tertiary/aromatic N) is 1. The Balaban J connectivity index is 1.90. The molecule has 22 heavy (non-hydrogen) atoms. The highest BCUT2D eigenvalue weighted by atomic mass is 16.7. The molecule has 0 bridgehead atoms. The van der Waals surface area contributed by atoms with Gasteiger partial charge in [-0.15, -0.1) is 0 Å². The minimum absolute atomic E-state index is 0.204. The van der Waals surface area contributed by atoms with Gasteiger partial charge in [-0.05, 0) is 31.7 Å². The molecule has 0 amide bonds. The number of rotatable bonds is 7. The first-order valence-electron chi connectivity index (χ1n) is 7.67. The van der Waals surface area contributed by atoms with E-state index in [0.29, 0.717) is 19.6 Å². The lowest BCUT2D eigenvalue weighted by atomic mass is 9.99. The molecule has 0 spiro atoms. The van der Waals surface area contributed by atoms with Crippen molar-refractivity contribution >= 4 is 12.2 Å². The van der Waals surface area contributed by atoms with Gasteiger partial charge in [0.05, 0.1) is 6.61 Å². The standard InChI is InChI=1S/C17H23NO4/c1-17(16(19)20,18-13-14-7-3-2-4-8-14)10-12-22-15-9-5-6-11-21-15/h2-4,7-8,13,15H,5-6,9-12H2,1H3,(H,19,20)/b18-13+. The fourth-order valence-corrected chi connectivity index (χ4v) is 2.21. The normalized spacial score (nSPS) is 21.6. The molecule has 120 valence electrons. The third-order valence-corrected chi connectivity index (χ3v) is 3.79. The maximum absolute atomic E-state index is 11.5. The molecule has 1 aliphatic heterocycles. The van der Waals surface area contributed by atoms with Crippen LogP contribution in [0.4, 0.5) is 0 Å². The number of benzene rings is 1. The van der Waals surface area contributed by atoms with E-state index in [1.165, 1.54) is 0 Å². The molecule has 1 saturated heterocycles. The number of carbonyl (C=O) groups is 1. The van der Waals surface area contributed by atoms with E-state index in [9.17, 15) is 9.90 Å². The first kappa shape index (κ1) is 16.6. The molecule has 1 heterocycles. The van der Waals surface area contributed by atoms with Crippen LogP contribution in [-0.2, 0) is 14.3 Å². The molecule has 5 nitrogen and oxygen atoms in total. The minimum atomic E-state index is -1.19. The van der Waals surface area contributed by atoms with Crippen LogP contribution in [0.2, 0.25) is 0 Å². The SMILES string of the molecule is CC(CCOC1CCCCO1)(/N=C/c1ccccc1)C(=O)O. The molecule has 0 aromatic heterocycles. The van der Waals surface area contributed by atoms with Crippen molar-refractivity contribution in [3.05, 3.63) is 35.9 Å². The van der Waals surface area contributed by atoms with Gasteiger partial charge >= 0.3 is 5.97 Å². The molecule has 2 rings (SSSR count). The summed E-state index contributed by atoms with van der Waals surface area (Å²) in [5, 5.41) is 9.45. The van der Waals surface area contributed by atoms with E-state index < -0.39 is 11.5 Å². The third-order valence-electron chi connectivity index (χ3n) is 3.79. The fourth-order valence-electron chi connectivity index (χ4n) is 2.21. The molecule has 1 aromatic carbocycles. The smallest absolute Gasteiger partial charge is 0.331 e. The summed E-state index contributed by atoms with van der Waals surface area (Å²) in [4.78, 5) is 15.8. The summed E-state index contributed by atoms with van der Waals surface area (Å²) in [6, 6.07) is 9.47. The van der Waals surface area contributed by atoms with Gasteiger partial charge in [-0.1, -0.05) is 30.3 Å². The molecule has 1 N–H and O–H groups in total. The fraction of sp³-hybridized carbons (Fsp3) is 0.529. The monoisotopic (exact) mass is 305 g/mol. The molecule has 2 atom stereocenters. The number of ether oxygens (including phenoxy) is 2. The Morgan fingerprint density at radius 1 is 1.45 bits per heavy atom. The zero-order chi connectivity index (χ0) is 15.8. The second-order valence-electron chi connectivity index (χ2n) is 5.66. The Hall–Kier alpha value is -1.72. The van der Waals surface area contributed by atoms with E-state index in [2.05, 4.69) is 4.99 Å². The lowest BCUT2D eigenvalue weighted by Gasteiger charge is -2.25. The van der Waals surface area contributed by atoms with Crippen molar-refractivity contribution < 1.29 is 19.4 Å². The minimum Gasteiger partial charge on any atom is -0.479 e. The molecular formula is C17H23NO4. The van der Waals surface area contributed by atoms with E-state index in [-0.39, 0.29) is 6.29 Å². The summed E-state index contributed by atoms with van der Waals surface area (Å²) < 4.78 is 11.1. The lowest BCUT2D eigenvalue weighted by Crippen LogP contribution is -2.35. The van der Waals surface area contributed by atoms with Crippen LogP contribution in [0.25, 0.3) is 0 Å². The molecule has 0 aliphatic carbocycles. The number of carboxylic acid groups (broad SMARTS) is 1. The van der Waals surface area contributed by atoms with Gasteiger partial charge in [0.15, 0.2) is 11.8 Å². The Bertz CT molecular complexity index is 497. The highest BCUT2D eigenvalue weighted by Gasteiger charge is 2.32. The second-order valence-corrected chi connectivity index (χ2v) is 5.66. The van der Waals surface area contributed by atoms with Crippen LogP contribution in [0.1, 0.15) is 38.2 Å². The molecule has 0 saturated carbocycles. The van der Waals surface area contributed by atoms with Crippen LogP contribution < -0.4 is 0 Å². The summed E-state index contributed by atoms with van der Waals surface area (Å²) >= 11 is 0. The average Bonchev–Trinajstić information content (AvgIpc) is 2.55. The number of carboxylic acids is 1. The van der Waals surface area contributed by atoms with Crippen molar-refractivity contribution in [3.8, 4) is 0 Å². The zero-order valence-electron chi connectivity index (χ0n) is 12.9. The average molecular weight is 305 g/mol. The van der Waals surface area contributed by atoms with Crippen LogP contribution >= 0.6 is 0 Å². The van der Waals surface area contributed by atoms with E-state index in [1.807, 2.05) is 30.3 Å². The van der Waals surface area contributed by atoms with Crippen molar-refractivity contribution in [1.82, 2.24) is 0 Å². The summed E-state index contributed by atoms with van der Waals surface area (Å²) in [6.45, 7) is 2.65. The molecule has 5 heteroatoms. The lowest BCUT2D eigenvalue weighted by molar-refractivity contribution is -0.167. The first-order chi connectivity index (χ1) is 10.6. The molecule has 1 fully saturated rings. The highest BCUT2D eigenvalue weighted by molar-refractivity contribution is 5.85. The van der Waals surface area contributed by atoms with E-state index in [4.69, 9.17) is 9.47 Å². The van der Waals surface area contributed by atoms with Crippen LogP contribution in [0.3, 0.4) is 0 Å². The first-order valence-corrected chi connectivity index (χ1v) is 7.67. The number of hydrogen-bond donors (Lipinski definition) is 1. The predicted molar refractivity (Wildman–Crippen MR) is 84.2 cm³/mol. The molecule has 1 aromatic rings. The van der Waals surface area contributed by atoms with Gasteiger partial charge in [0.2, 0.25) is 0 Å². The van der Waals surface area contributed by atoms with E-state index in [0.717, 1.165) is 24.8 Å². The largest absolute Gasteiger partial charge is 0.479 e. The van der Waals surface area contributed by atoms with Gasteiger partial charge in [0.25, 0.3) is 0 Å². The van der Waals surface area contributed by atoms with Gasteiger partial charge in [-0.3, -0.25) is 4.99 Å². The van der Waals surface area contributed by atoms with Gasteiger partial charge in [0.1, 0.15) is 0 Å². The maximum atomic E-state index is 11.5.